The van der Waals surface area contributed by atoms with Crippen LogP contribution in [0.4, 0.5) is 0 Å². The van der Waals surface area contributed by atoms with Crippen molar-refractivity contribution in [2.24, 2.45) is 0 Å². The Morgan fingerprint density at radius 3 is 1.90 bits per heavy atom. The summed E-state index contributed by atoms with van der Waals surface area (Å²) in [6.07, 6.45) is 0. The van der Waals surface area contributed by atoms with Crippen LogP contribution in [0.15, 0.2) is 30.3 Å². The summed E-state index contributed by atoms with van der Waals surface area (Å²) < 4.78 is 0. The standard InChI is InChI=1S/C6H5Cl2P.Na.H/c7-9(8)6-4-2-1-3-5-6;;/h1-5H;;/q;+1;-1. The van der Waals surface area contributed by atoms with E-state index in [-0.39, 0.29) is 31.0 Å². The molecule has 1 aromatic rings. The zero-order valence-corrected chi connectivity index (χ0v) is 10.00. The second kappa shape index (κ2) is 5.83. The Balaban J connectivity index is 0. The van der Waals surface area contributed by atoms with Crippen molar-refractivity contribution in [1.82, 2.24) is 0 Å². The average Bonchev–Trinajstić information content (AvgIpc) is 1.90. The van der Waals surface area contributed by atoms with E-state index in [1.165, 1.54) is 0 Å². The Morgan fingerprint density at radius 2 is 1.60 bits per heavy atom. The zero-order valence-electron chi connectivity index (χ0n) is 6.59. The number of benzene rings is 1. The molecular formula is C6H6Cl2NaP. The van der Waals surface area contributed by atoms with E-state index < -0.39 is 6.63 Å². The van der Waals surface area contributed by atoms with E-state index in [9.17, 15) is 0 Å². The van der Waals surface area contributed by atoms with Crippen LogP contribution in [0.25, 0.3) is 0 Å². The zero-order chi connectivity index (χ0) is 6.69. The van der Waals surface area contributed by atoms with Gasteiger partial charge >= 0.3 is 29.6 Å². The maximum absolute atomic E-state index is 5.63. The normalized spacial score (nSPS) is 9.10. The van der Waals surface area contributed by atoms with Crippen molar-refractivity contribution in [3.05, 3.63) is 30.3 Å². The smallest absolute Gasteiger partial charge is 1.00 e. The van der Waals surface area contributed by atoms with E-state index in [4.69, 9.17) is 22.5 Å². The Labute approximate surface area is 95.0 Å². The monoisotopic (exact) mass is 202 g/mol. The topological polar surface area (TPSA) is 0 Å². The van der Waals surface area contributed by atoms with Crippen molar-refractivity contribution in [3.63, 3.8) is 0 Å². The Kier molecular flexibility index (Phi) is 6.54. The van der Waals surface area contributed by atoms with Crippen LogP contribution < -0.4 is 34.9 Å². The van der Waals surface area contributed by atoms with Crippen LogP contribution in [0.2, 0.25) is 0 Å². The molecule has 4 heteroatoms. The number of hydrogen-bond acceptors (Lipinski definition) is 0. The van der Waals surface area contributed by atoms with E-state index in [1.807, 2.05) is 30.3 Å². The van der Waals surface area contributed by atoms with E-state index in [0.29, 0.717) is 0 Å². The number of rotatable bonds is 1. The van der Waals surface area contributed by atoms with Crippen molar-refractivity contribution in [3.8, 4) is 0 Å². The summed E-state index contributed by atoms with van der Waals surface area (Å²) >= 11 is 11.3. The molecule has 0 aliphatic rings. The van der Waals surface area contributed by atoms with Gasteiger partial charge in [0.05, 0.1) is 0 Å². The largest absolute Gasteiger partial charge is 1.00 e. The molecule has 0 unspecified atom stereocenters. The molecule has 0 aliphatic heterocycles. The molecule has 0 bridgehead atoms. The van der Waals surface area contributed by atoms with E-state index in [2.05, 4.69) is 0 Å². The minimum Gasteiger partial charge on any atom is -1.00 e. The van der Waals surface area contributed by atoms with Gasteiger partial charge in [0.1, 0.15) is 6.63 Å². The van der Waals surface area contributed by atoms with E-state index >= 15 is 0 Å². The molecule has 0 saturated carbocycles. The third kappa shape index (κ3) is 3.57. The summed E-state index contributed by atoms with van der Waals surface area (Å²) in [7, 11) is 0. The summed E-state index contributed by atoms with van der Waals surface area (Å²) in [4.78, 5) is 0. The molecule has 0 fully saturated rings. The van der Waals surface area contributed by atoms with Crippen LogP contribution in [0.5, 0.6) is 0 Å². The van der Waals surface area contributed by atoms with Crippen LogP contribution in [0.3, 0.4) is 0 Å². The van der Waals surface area contributed by atoms with Crippen LogP contribution in [0, 0.1) is 0 Å². The fraction of sp³-hybridized carbons (Fsp3) is 0. The summed E-state index contributed by atoms with van der Waals surface area (Å²) in [5.74, 6) is 0. The minimum atomic E-state index is -0.951. The predicted molar refractivity (Wildman–Crippen MR) is 45.8 cm³/mol. The van der Waals surface area contributed by atoms with Gasteiger partial charge < -0.3 is 1.43 Å². The van der Waals surface area contributed by atoms with Crippen LogP contribution >= 0.6 is 29.1 Å². The van der Waals surface area contributed by atoms with Gasteiger partial charge in [0.2, 0.25) is 0 Å². The maximum atomic E-state index is 5.63. The summed E-state index contributed by atoms with van der Waals surface area (Å²) in [5, 5.41) is 1.01. The van der Waals surface area contributed by atoms with Crippen molar-refractivity contribution in [1.29, 1.82) is 0 Å². The van der Waals surface area contributed by atoms with E-state index in [0.717, 1.165) is 5.30 Å². The molecule has 0 spiro atoms. The average molecular weight is 203 g/mol. The van der Waals surface area contributed by atoms with Gasteiger partial charge in [0.25, 0.3) is 0 Å². The Bertz CT molecular complexity index is 183. The molecule has 0 saturated heterocycles. The summed E-state index contributed by atoms with van der Waals surface area (Å²) in [6, 6.07) is 9.64. The van der Waals surface area contributed by atoms with E-state index in [1.54, 1.807) is 0 Å². The number of hydrogen-bond donors (Lipinski definition) is 0. The van der Waals surface area contributed by atoms with Gasteiger partial charge in [-0.05, 0) is 0 Å². The van der Waals surface area contributed by atoms with Crippen molar-refractivity contribution < 1.29 is 31.0 Å². The molecule has 0 heterocycles. The second-order valence-electron chi connectivity index (χ2n) is 1.57. The van der Waals surface area contributed by atoms with Gasteiger partial charge in [-0.3, -0.25) is 0 Å². The second-order valence-corrected chi connectivity index (χ2v) is 5.10. The molecule has 0 amide bonds. The van der Waals surface area contributed by atoms with Crippen molar-refractivity contribution in [2.75, 3.05) is 0 Å². The molecule has 0 atom stereocenters. The predicted octanol–water partition coefficient (Wildman–Crippen LogP) is 0.218. The first kappa shape index (κ1) is 11.2. The molecule has 0 radical (unpaired) electrons. The number of halogens is 2. The first-order valence-electron chi connectivity index (χ1n) is 2.47. The first-order chi connectivity index (χ1) is 4.30. The molecule has 0 nitrogen and oxygen atoms in total. The van der Waals surface area contributed by atoms with Crippen molar-refractivity contribution >= 4 is 34.4 Å². The van der Waals surface area contributed by atoms with Gasteiger partial charge in [0.15, 0.2) is 0 Å². The van der Waals surface area contributed by atoms with Gasteiger partial charge in [-0.15, -0.1) is 0 Å². The molecule has 0 aliphatic carbocycles. The summed E-state index contributed by atoms with van der Waals surface area (Å²) in [6.45, 7) is -0.951. The van der Waals surface area contributed by atoms with Gasteiger partial charge in [-0.1, -0.05) is 52.8 Å². The van der Waals surface area contributed by atoms with Crippen LogP contribution in [-0.2, 0) is 0 Å². The van der Waals surface area contributed by atoms with Gasteiger partial charge in [-0.2, -0.15) is 0 Å². The third-order valence-electron chi connectivity index (χ3n) is 0.951. The quantitative estimate of drug-likeness (QED) is 0.452. The van der Waals surface area contributed by atoms with Gasteiger partial charge in [-0.25, -0.2) is 0 Å². The first-order valence-corrected chi connectivity index (χ1v) is 5.62. The van der Waals surface area contributed by atoms with Gasteiger partial charge in [0, 0.05) is 5.30 Å². The SMILES string of the molecule is ClP(Cl)c1ccccc1.[H-].[Na+]. The molecule has 0 N–H and O–H groups in total. The minimum absolute atomic E-state index is 0. The molecule has 0 aromatic heterocycles. The molecule has 10 heavy (non-hydrogen) atoms. The summed E-state index contributed by atoms with van der Waals surface area (Å²) in [5.41, 5.74) is 0. The van der Waals surface area contributed by atoms with Crippen LogP contribution in [-0.4, -0.2) is 0 Å². The van der Waals surface area contributed by atoms with Crippen molar-refractivity contribution in [2.45, 2.75) is 0 Å². The Hall–Kier alpha value is 1.23. The maximum Gasteiger partial charge on any atom is 1.00 e. The third-order valence-corrected chi connectivity index (χ3v) is 2.81. The molecular weight excluding hydrogens is 197 g/mol. The fourth-order valence-corrected chi connectivity index (χ4v) is 1.61. The fourth-order valence-electron chi connectivity index (χ4n) is 0.541. The molecule has 50 valence electrons. The molecule has 1 aromatic carbocycles. The molecule has 1 rings (SSSR count). The van der Waals surface area contributed by atoms with Crippen LogP contribution in [0.1, 0.15) is 1.43 Å². The Morgan fingerprint density at radius 1 is 1.10 bits per heavy atom.